The number of nitrogens with one attached hydrogen (secondary N) is 1. The fourth-order valence-electron chi connectivity index (χ4n) is 1.42. The van der Waals surface area contributed by atoms with Crippen LogP contribution in [-0.2, 0) is 12.7 Å². The van der Waals surface area contributed by atoms with Gasteiger partial charge in [-0.25, -0.2) is 4.98 Å². The molecular weight excluding hydrogens is 247 g/mol. The predicted octanol–water partition coefficient (Wildman–Crippen LogP) is 1.80. The first-order chi connectivity index (χ1) is 8.57. The van der Waals surface area contributed by atoms with E-state index in [2.05, 4.69) is 20.6 Å². The van der Waals surface area contributed by atoms with Crippen LogP contribution < -0.4 is 5.32 Å². The van der Waals surface area contributed by atoms with E-state index in [0.717, 1.165) is 6.07 Å². The molecular formula is C10H10F3N5. The molecule has 96 valence electrons. The fourth-order valence-corrected chi connectivity index (χ4v) is 1.42. The number of pyridine rings is 1. The maximum absolute atomic E-state index is 12.6. The quantitative estimate of drug-likeness (QED) is 0.907. The van der Waals surface area contributed by atoms with Gasteiger partial charge in [0.05, 0.1) is 18.3 Å². The van der Waals surface area contributed by atoms with Crippen LogP contribution in [0.5, 0.6) is 0 Å². The highest BCUT2D eigenvalue weighted by Gasteiger charge is 2.33. The average molecular weight is 257 g/mol. The number of rotatable bonds is 4. The van der Waals surface area contributed by atoms with E-state index in [0.29, 0.717) is 6.54 Å². The van der Waals surface area contributed by atoms with Gasteiger partial charge in [-0.05, 0) is 12.1 Å². The molecule has 0 atom stereocenters. The Bertz CT molecular complexity index is 494. The Balaban J connectivity index is 2.01. The summed E-state index contributed by atoms with van der Waals surface area (Å²) in [5, 5.41) is 9.94. The number of nitrogens with zero attached hydrogens (tertiary/aromatic N) is 4. The van der Waals surface area contributed by atoms with Gasteiger partial charge in [0, 0.05) is 18.9 Å². The molecule has 2 heterocycles. The van der Waals surface area contributed by atoms with Crippen molar-refractivity contribution in [2.45, 2.75) is 12.7 Å². The third-order valence-electron chi connectivity index (χ3n) is 2.22. The van der Waals surface area contributed by atoms with E-state index >= 15 is 0 Å². The number of anilines is 1. The molecule has 0 aliphatic heterocycles. The Hall–Kier alpha value is -2.12. The van der Waals surface area contributed by atoms with E-state index in [1.165, 1.54) is 23.1 Å². The van der Waals surface area contributed by atoms with Gasteiger partial charge >= 0.3 is 6.18 Å². The number of hydrogen-bond acceptors (Lipinski definition) is 4. The molecule has 0 amide bonds. The van der Waals surface area contributed by atoms with Crippen molar-refractivity contribution in [2.75, 3.05) is 11.9 Å². The molecule has 0 saturated heterocycles. The minimum absolute atomic E-state index is 0.176. The molecule has 1 N–H and O–H groups in total. The summed E-state index contributed by atoms with van der Waals surface area (Å²) in [7, 11) is 0. The first kappa shape index (κ1) is 12.3. The summed E-state index contributed by atoms with van der Waals surface area (Å²) in [5.74, 6) is -0.176. The standard InChI is InChI=1S/C10H10F3N5/c11-10(12,13)8-2-1-3-14-9(8)15-4-6-18-7-5-16-17-18/h1-3,5,7H,4,6H2,(H,14,15). The Kier molecular flexibility index (Phi) is 3.45. The third-order valence-corrected chi connectivity index (χ3v) is 2.22. The van der Waals surface area contributed by atoms with Crippen molar-refractivity contribution in [1.29, 1.82) is 0 Å². The van der Waals surface area contributed by atoms with Crippen LogP contribution in [0, 0.1) is 0 Å². The lowest BCUT2D eigenvalue weighted by Crippen LogP contribution is -2.16. The maximum Gasteiger partial charge on any atom is 0.419 e. The molecule has 5 nitrogen and oxygen atoms in total. The Morgan fingerprint density at radius 3 is 2.78 bits per heavy atom. The summed E-state index contributed by atoms with van der Waals surface area (Å²) < 4.78 is 39.4. The third kappa shape index (κ3) is 2.96. The molecule has 0 bridgehead atoms. The molecule has 18 heavy (non-hydrogen) atoms. The molecule has 0 spiro atoms. The minimum atomic E-state index is -4.41. The van der Waals surface area contributed by atoms with Crippen LogP contribution in [0.1, 0.15) is 5.56 Å². The van der Waals surface area contributed by atoms with Crippen molar-refractivity contribution >= 4 is 5.82 Å². The highest BCUT2D eigenvalue weighted by atomic mass is 19.4. The molecule has 0 unspecified atom stereocenters. The van der Waals surface area contributed by atoms with Gasteiger partial charge in [-0.15, -0.1) is 5.10 Å². The minimum Gasteiger partial charge on any atom is -0.368 e. The molecule has 0 saturated carbocycles. The fraction of sp³-hybridized carbons (Fsp3) is 0.300. The molecule has 0 aliphatic rings. The van der Waals surface area contributed by atoms with Crippen molar-refractivity contribution in [2.24, 2.45) is 0 Å². The summed E-state index contributed by atoms with van der Waals surface area (Å²) in [6.45, 7) is 0.692. The molecule has 2 aromatic heterocycles. The molecule has 0 fully saturated rings. The summed E-state index contributed by atoms with van der Waals surface area (Å²) >= 11 is 0. The van der Waals surface area contributed by atoms with Gasteiger partial charge in [0.15, 0.2) is 0 Å². The molecule has 8 heteroatoms. The molecule has 0 radical (unpaired) electrons. The topological polar surface area (TPSA) is 55.6 Å². The lowest BCUT2D eigenvalue weighted by molar-refractivity contribution is -0.137. The maximum atomic E-state index is 12.6. The second-order valence-electron chi connectivity index (χ2n) is 3.49. The zero-order valence-electron chi connectivity index (χ0n) is 9.22. The number of hydrogen-bond donors (Lipinski definition) is 1. The Labute approximate surface area is 101 Å². The second kappa shape index (κ2) is 5.03. The van der Waals surface area contributed by atoms with Crippen molar-refractivity contribution in [3.8, 4) is 0 Å². The van der Waals surface area contributed by atoms with E-state index < -0.39 is 11.7 Å². The van der Waals surface area contributed by atoms with Crippen molar-refractivity contribution < 1.29 is 13.2 Å². The lowest BCUT2D eigenvalue weighted by atomic mass is 10.2. The summed E-state index contributed by atoms with van der Waals surface area (Å²) in [4.78, 5) is 3.69. The van der Waals surface area contributed by atoms with Gasteiger partial charge in [0.1, 0.15) is 5.82 Å². The van der Waals surface area contributed by atoms with Crippen LogP contribution in [0.15, 0.2) is 30.7 Å². The highest BCUT2D eigenvalue weighted by Crippen LogP contribution is 2.33. The highest BCUT2D eigenvalue weighted by molar-refractivity contribution is 5.45. The first-order valence-electron chi connectivity index (χ1n) is 5.17. The van der Waals surface area contributed by atoms with Gasteiger partial charge in [-0.2, -0.15) is 13.2 Å². The van der Waals surface area contributed by atoms with E-state index in [1.807, 2.05) is 0 Å². The number of halogens is 3. The normalized spacial score (nSPS) is 11.5. The zero-order valence-corrected chi connectivity index (χ0v) is 9.22. The second-order valence-corrected chi connectivity index (χ2v) is 3.49. The van der Waals surface area contributed by atoms with E-state index in [4.69, 9.17) is 0 Å². The van der Waals surface area contributed by atoms with Gasteiger partial charge in [0.25, 0.3) is 0 Å². The predicted molar refractivity (Wildman–Crippen MR) is 57.8 cm³/mol. The van der Waals surface area contributed by atoms with Crippen molar-refractivity contribution in [3.05, 3.63) is 36.3 Å². The Morgan fingerprint density at radius 2 is 2.11 bits per heavy atom. The van der Waals surface area contributed by atoms with Crippen molar-refractivity contribution in [3.63, 3.8) is 0 Å². The van der Waals surface area contributed by atoms with Crippen LogP contribution in [-0.4, -0.2) is 26.5 Å². The number of aromatic nitrogens is 4. The Morgan fingerprint density at radius 1 is 1.28 bits per heavy atom. The molecule has 0 aromatic carbocycles. The summed E-state index contributed by atoms with van der Waals surface area (Å²) in [6.07, 6.45) is 0.0313. The number of alkyl halides is 3. The summed E-state index contributed by atoms with van der Waals surface area (Å²) in [5.41, 5.74) is -0.774. The lowest BCUT2D eigenvalue weighted by Gasteiger charge is -2.12. The molecule has 0 aliphatic carbocycles. The van der Waals surface area contributed by atoms with Gasteiger partial charge in [-0.1, -0.05) is 5.21 Å². The average Bonchev–Trinajstić information content (AvgIpc) is 2.81. The largest absolute Gasteiger partial charge is 0.419 e. The van der Waals surface area contributed by atoms with Crippen molar-refractivity contribution in [1.82, 2.24) is 20.0 Å². The zero-order chi connectivity index (χ0) is 13.0. The van der Waals surface area contributed by atoms with Crippen LogP contribution in [0.3, 0.4) is 0 Å². The van der Waals surface area contributed by atoms with Gasteiger partial charge in [-0.3, -0.25) is 4.68 Å². The van der Waals surface area contributed by atoms with Crippen LogP contribution in [0.4, 0.5) is 19.0 Å². The van der Waals surface area contributed by atoms with E-state index in [1.54, 1.807) is 6.20 Å². The summed E-state index contributed by atoms with van der Waals surface area (Å²) in [6, 6.07) is 2.25. The first-order valence-corrected chi connectivity index (χ1v) is 5.17. The molecule has 2 rings (SSSR count). The van der Waals surface area contributed by atoms with Gasteiger partial charge < -0.3 is 5.32 Å². The van der Waals surface area contributed by atoms with Crippen LogP contribution in [0.25, 0.3) is 0 Å². The van der Waals surface area contributed by atoms with E-state index in [9.17, 15) is 13.2 Å². The van der Waals surface area contributed by atoms with Crippen LogP contribution >= 0.6 is 0 Å². The smallest absolute Gasteiger partial charge is 0.368 e. The van der Waals surface area contributed by atoms with E-state index in [-0.39, 0.29) is 12.4 Å². The SMILES string of the molecule is FC(F)(F)c1cccnc1NCCn1ccnn1. The molecule has 2 aromatic rings. The van der Waals surface area contributed by atoms with Gasteiger partial charge in [0.2, 0.25) is 0 Å². The monoisotopic (exact) mass is 257 g/mol. The van der Waals surface area contributed by atoms with Crippen LogP contribution in [0.2, 0.25) is 0 Å².